The first kappa shape index (κ1) is 17.4. The maximum Gasteiger partial charge on any atom is 0.408 e. The van der Waals surface area contributed by atoms with E-state index in [-0.39, 0.29) is 13.0 Å². The lowest BCUT2D eigenvalue weighted by Crippen LogP contribution is -2.42. The van der Waals surface area contributed by atoms with Gasteiger partial charge in [-0.05, 0) is 22.6 Å². The fraction of sp³-hybridized carbons (Fsp3) is 0.150. The molecule has 3 rings (SSSR count). The lowest BCUT2D eigenvalue weighted by Gasteiger charge is -2.16. The first-order valence-corrected chi connectivity index (χ1v) is 8.15. The van der Waals surface area contributed by atoms with Gasteiger partial charge >= 0.3 is 12.1 Å². The average molecular weight is 350 g/mol. The minimum atomic E-state index is -1.12. The van der Waals surface area contributed by atoms with Gasteiger partial charge in [0.25, 0.3) is 0 Å². The minimum Gasteiger partial charge on any atom is -0.480 e. The Hall–Kier alpha value is -3.41. The predicted molar refractivity (Wildman–Crippen MR) is 96.6 cm³/mol. The van der Waals surface area contributed by atoms with E-state index in [9.17, 15) is 14.7 Å². The summed E-state index contributed by atoms with van der Waals surface area (Å²) in [5.41, 5.74) is 1.65. The van der Waals surface area contributed by atoms with Crippen LogP contribution in [0, 0.1) is 0 Å². The van der Waals surface area contributed by atoms with Crippen molar-refractivity contribution in [1.29, 1.82) is 0 Å². The summed E-state index contributed by atoms with van der Waals surface area (Å²) in [7, 11) is 0. The van der Waals surface area contributed by atoms with Crippen LogP contribution in [0.1, 0.15) is 11.1 Å². The lowest BCUT2D eigenvalue weighted by atomic mass is 10.00. The zero-order valence-electron chi connectivity index (χ0n) is 14.0. The molecule has 0 aliphatic heterocycles. The quantitative estimate of drug-likeness (QED) is 0.713. The Morgan fingerprint density at radius 2 is 1.88 bits per heavy atom. The number of alkyl carbamates (subject to hydrolysis) is 1. The highest BCUT2D eigenvalue weighted by atomic mass is 16.5. The van der Waals surface area contributed by atoms with Crippen LogP contribution in [0.2, 0.25) is 0 Å². The number of hydrogen-bond donors (Lipinski definition) is 2. The van der Waals surface area contributed by atoms with Gasteiger partial charge in [-0.25, -0.2) is 9.59 Å². The van der Waals surface area contributed by atoms with Gasteiger partial charge in [-0.1, -0.05) is 48.5 Å². The maximum atomic E-state index is 12.0. The van der Waals surface area contributed by atoms with E-state index >= 15 is 0 Å². The number of carbonyl (C=O) groups is 2. The second-order valence-electron chi connectivity index (χ2n) is 5.81. The van der Waals surface area contributed by atoms with E-state index < -0.39 is 18.1 Å². The second kappa shape index (κ2) is 8.11. The lowest BCUT2D eigenvalue weighted by molar-refractivity contribution is -0.139. The third-order valence-electron chi connectivity index (χ3n) is 4.00. The highest BCUT2D eigenvalue weighted by Gasteiger charge is 2.22. The number of pyridine rings is 1. The van der Waals surface area contributed by atoms with Crippen molar-refractivity contribution >= 4 is 22.8 Å². The molecule has 0 saturated carbocycles. The standard InChI is InChI=1S/C20H18N2O4/c23-19(24)18(22-20(25)26-13-14-5-2-1-3-6-14)11-15-7-4-8-16-12-21-10-9-17(15)16/h1-10,12,18H,11,13H2,(H,22,25)(H,23,24). The molecule has 1 amide bonds. The molecule has 0 fully saturated rings. The van der Waals surface area contributed by atoms with Crippen molar-refractivity contribution in [3.05, 3.63) is 78.1 Å². The van der Waals surface area contributed by atoms with Gasteiger partial charge in [0.05, 0.1) is 0 Å². The Labute approximate surface area is 150 Å². The number of fused-ring (bicyclic) bond motifs is 1. The summed E-state index contributed by atoms with van der Waals surface area (Å²) in [5, 5.41) is 13.7. The average Bonchev–Trinajstić information content (AvgIpc) is 2.67. The third kappa shape index (κ3) is 4.36. The number of amides is 1. The number of rotatable bonds is 6. The number of aliphatic carboxylic acids is 1. The first-order valence-electron chi connectivity index (χ1n) is 8.15. The van der Waals surface area contributed by atoms with Crippen LogP contribution in [0.3, 0.4) is 0 Å². The molecule has 0 aliphatic carbocycles. The van der Waals surface area contributed by atoms with Crippen molar-refractivity contribution in [3.8, 4) is 0 Å². The molecule has 1 heterocycles. The van der Waals surface area contributed by atoms with E-state index in [4.69, 9.17) is 4.74 Å². The number of aromatic nitrogens is 1. The molecule has 26 heavy (non-hydrogen) atoms. The Bertz CT molecular complexity index is 907. The zero-order chi connectivity index (χ0) is 18.4. The predicted octanol–water partition coefficient (Wildman–Crippen LogP) is 3.16. The van der Waals surface area contributed by atoms with Crippen LogP contribution in [0.4, 0.5) is 4.79 Å². The molecule has 1 aromatic heterocycles. The molecule has 0 spiro atoms. The molecule has 0 bridgehead atoms. The van der Waals surface area contributed by atoms with E-state index in [1.165, 1.54) is 0 Å². The van der Waals surface area contributed by atoms with Gasteiger partial charge in [0.2, 0.25) is 0 Å². The van der Waals surface area contributed by atoms with Gasteiger partial charge in [0, 0.05) is 24.2 Å². The molecule has 2 N–H and O–H groups in total. The largest absolute Gasteiger partial charge is 0.480 e. The molecular weight excluding hydrogens is 332 g/mol. The van der Waals surface area contributed by atoms with E-state index in [1.807, 2.05) is 54.6 Å². The highest BCUT2D eigenvalue weighted by molar-refractivity contribution is 5.86. The van der Waals surface area contributed by atoms with Crippen molar-refractivity contribution in [2.45, 2.75) is 19.1 Å². The van der Waals surface area contributed by atoms with Crippen LogP contribution in [0.15, 0.2) is 67.0 Å². The van der Waals surface area contributed by atoms with Crippen LogP contribution in [0.5, 0.6) is 0 Å². The Kier molecular flexibility index (Phi) is 5.43. The van der Waals surface area contributed by atoms with Gasteiger partial charge in [-0.15, -0.1) is 0 Å². The van der Waals surface area contributed by atoms with E-state index in [1.54, 1.807) is 12.4 Å². The normalized spacial score (nSPS) is 11.7. The summed E-state index contributed by atoms with van der Waals surface area (Å²) in [6.07, 6.45) is 2.76. The topological polar surface area (TPSA) is 88.5 Å². The van der Waals surface area contributed by atoms with E-state index in [0.29, 0.717) is 0 Å². The molecule has 2 aromatic carbocycles. The monoisotopic (exact) mass is 350 g/mol. The number of nitrogens with zero attached hydrogens (tertiary/aromatic N) is 1. The van der Waals surface area contributed by atoms with Crippen molar-refractivity contribution in [2.75, 3.05) is 0 Å². The molecule has 1 atom stereocenters. The van der Waals surface area contributed by atoms with Crippen LogP contribution in [-0.2, 0) is 22.6 Å². The van der Waals surface area contributed by atoms with Crippen LogP contribution in [-0.4, -0.2) is 28.2 Å². The summed E-state index contributed by atoms with van der Waals surface area (Å²) in [4.78, 5) is 27.6. The number of carboxylic acid groups (broad SMARTS) is 1. The van der Waals surface area contributed by atoms with Crippen LogP contribution in [0.25, 0.3) is 10.8 Å². The molecule has 3 aromatic rings. The number of ether oxygens (including phenoxy) is 1. The molecule has 0 saturated heterocycles. The first-order chi connectivity index (χ1) is 12.6. The molecular formula is C20H18N2O4. The van der Waals surface area contributed by atoms with Gasteiger partial charge in [-0.2, -0.15) is 0 Å². The smallest absolute Gasteiger partial charge is 0.408 e. The van der Waals surface area contributed by atoms with Gasteiger partial charge in [0.15, 0.2) is 0 Å². The molecule has 6 heteroatoms. The minimum absolute atomic E-state index is 0.0823. The van der Waals surface area contributed by atoms with Crippen molar-refractivity contribution in [1.82, 2.24) is 10.3 Å². The van der Waals surface area contributed by atoms with Gasteiger partial charge < -0.3 is 15.2 Å². The molecule has 132 valence electrons. The summed E-state index contributed by atoms with van der Waals surface area (Å²) in [6, 6.07) is 15.5. The summed E-state index contributed by atoms with van der Waals surface area (Å²) >= 11 is 0. The Balaban J connectivity index is 1.67. The summed E-state index contributed by atoms with van der Waals surface area (Å²) in [6.45, 7) is 0.0823. The molecule has 1 unspecified atom stereocenters. The Morgan fingerprint density at radius 3 is 2.65 bits per heavy atom. The number of benzene rings is 2. The van der Waals surface area contributed by atoms with Crippen molar-refractivity contribution < 1.29 is 19.4 Å². The fourth-order valence-electron chi connectivity index (χ4n) is 2.69. The SMILES string of the molecule is O=C(NC(Cc1cccc2cnccc12)C(=O)O)OCc1ccccc1. The zero-order valence-corrected chi connectivity index (χ0v) is 14.0. The molecule has 6 nitrogen and oxygen atoms in total. The third-order valence-corrected chi connectivity index (χ3v) is 4.00. The second-order valence-corrected chi connectivity index (χ2v) is 5.81. The number of hydrogen-bond acceptors (Lipinski definition) is 4. The maximum absolute atomic E-state index is 12.0. The Morgan fingerprint density at radius 1 is 1.08 bits per heavy atom. The van der Waals surface area contributed by atoms with E-state index in [0.717, 1.165) is 21.9 Å². The molecule has 0 aliphatic rings. The number of carbonyl (C=O) groups excluding carboxylic acids is 1. The number of carboxylic acids is 1. The molecule has 0 radical (unpaired) electrons. The number of nitrogens with one attached hydrogen (secondary N) is 1. The summed E-state index contributed by atoms with van der Waals surface area (Å²) in [5.74, 6) is -1.12. The van der Waals surface area contributed by atoms with Crippen LogP contribution < -0.4 is 5.32 Å². The van der Waals surface area contributed by atoms with Crippen LogP contribution >= 0.6 is 0 Å². The van der Waals surface area contributed by atoms with E-state index in [2.05, 4.69) is 10.3 Å². The fourth-order valence-corrected chi connectivity index (χ4v) is 2.69. The summed E-state index contributed by atoms with van der Waals surface area (Å²) < 4.78 is 5.11. The van der Waals surface area contributed by atoms with Gasteiger partial charge in [-0.3, -0.25) is 4.98 Å². The highest BCUT2D eigenvalue weighted by Crippen LogP contribution is 2.19. The van der Waals surface area contributed by atoms with Crippen molar-refractivity contribution in [3.63, 3.8) is 0 Å². The van der Waals surface area contributed by atoms with Crippen molar-refractivity contribution in [2.24, 2.45) is 0 Å². The van der Waals surface area contributed by atoms with Gasteiger partial charge in [0.1, 0.15) is 12.6 Å².